The molecule has 32 heavy (non-hydrogen) atoms. The molecule has 0 radical (unpaired) electrons. The van der Waals surface area contributed by atoms with Gasteiger partial charge in [0, 0.05) is 23.6 Å². The highest BCUT2D eigenvalue weighted by Crippen LogP contribution is 2.24. The van der Waals surface area contributed by atoms with Crippen LogP contribution in [0.5, 0.6) is 5.75 Å². The third-order valence-electron chi connectivity index (χ3n) is 4.51. The minimum absolute atomic E-state index is 0.0270. The molecule has 0 unspecified atom stereocenters. The van der Waals surface area contributed by atoms with Crippen LogP contribution in [0.4, 0.5) is 5.69 Å². The van der Waals surface area contributed by atoms with Gasteiger partial charge in [0.1, 0.15) is 11.5 Å². The predicted molar refractivity (Wildman–Crippen MR) is 119 cm³/mol. The maximum Gasteiger partial charge on any atom is 0.240 e. The Morgan fingerprint density at radius 1 is 1.06 bits per heavy atom. The highest BCUT2D eigenvalue weighted by atomic mass is 35.5. The second-order valence-electron chi connectivity index (χ2n) is 6.74. The number of amides is 1. The van der Waals surface area contributed by atoms with Crippen molar-refractivity contribution in [2.75, 3.05) is 12.4 Å². The quantitative estimate of drug-likeness (QED) is 0.427. The Kier molecular flexibility index (Phi) is 7.68. The minimum Gasteiger partial charge on any atom is -0.496 e. The fourth-order valence-corrected chi connectivity index (χ4v) is 4.03. The third kappa shape index (κ3) is 6.19. The molecule has 0 fully saturated rings. The van der Waals surface area contributed by atoms with Crippen molar-refractivity contribution in [3.63, 3.8) is 0 Å². The van der Waals surface area contributed by atoms with Gasteiger partial charge in [-0.3, -0.25) is 9.59 Å². The number of anilines is 1. The molecule has 8 nitrogen and oxygen atoms in total. The van der Waals surface area contributed by atoms with E-state index in [0.717, 1.165) is 0 Å². The summed E-state index contributed by atoms with van der Waals surface area (Å²) in [4.78, 5) is 24.7. The van der Waals surface area contributed by atoms with E-state index < -0.39 is 10.0 Å². The van der Waals surface area contributed by atoms with E-state index in [2.05, 4.69) is 10.0 Å². The molecule has 0 saturated carbocycles. The number of carbonyl (C=O) groups excluding carboxylic acids is 2. The molecule has 10 heteroatoms. The Labute approximate surface area is 190 Å². The Morgan fingerprint density at radius 2 is 1.81 bits per heavy atom. The molecule has 0 atom stereocenters. The minimum atomic E-state index is -3.73. The molecule has 1 amide bonds. The highest BCUT2D eigenvalue weighted by molar-refractivity contribution is 7.89. The van der Waals surface area contributed by atoms with Crippen LogP contribution in [0.25, 0.3) is 0 Å². The summed E-state index contributed by atoms with van der Waals surface area (Å²) < 4.78 is 37.4. The molecule has 2 aromatic carbocycles. The lowest BCUT2D eigenvalue weighted by Crippen LogP contribution is -2.23. The van der Waals surface area contributed by atoms with Crippen LogP contribution in [0.1, 0.15) is 29.0 Å². The van der Waals surface area contributed by atoms with Crippen LogP contribution in [0.2, 0.25) is 5.02 Å². The van der Waals surface area contributed by atoms with Crippen molar-refractivity contribution in [3.05, 3.63) is 77.2 Å². The second-order valence-corrected chi connectivity index (χ2v) is 8.95. The van der Waals surface area contributed by atoms with Crippen molar-refractivity contribution in [2.45, 2.75) is 24.3 Å². The lowest BCUT2D eigenvalue weighted by Gasteiger charge is -2.09. The first-order valence-electron chi connectivity index (χ1n) is 9.57. The van der Waals surface area contributed by atoms with Crippen molar-refractivity contribution in [3.8, 4) is 5.75 Å². The number of furan rings is 1. The number of halogens is 1. The van der Waals surface area contributed by atoms with Gasteiger partial charge in [-0.1, -0.05) is 11.6 Å². The van der Waals surface area contributed by atoms with E-state index in [1.54, 1.807) is 24.3 Å². The van der Waals surface area contributed by atoms with Crippen LogP contribution in [0.3, 0.4) is 0 Å². The van der Waals surface area contributed by atoms with E-state index in [-0.39, 0.29) is 36.0 Å². The molecule has 2 N–H and O–H groups in total. The molecule has 3 rings (SSSR count). The molecular weight excluding hydrogens is 456 g/mol. The first-order chi connectivity index (χ1) is 15.3. The number of benzene rings is 2. The van der Waals surface area contributed by atoms with Crippen LogP contribution in [0, 0.1) is 0 Å². The lowest BCUT2D eigenvalue weighted by molar-refractivity contribution is -0.116. The van der Waals surface area contributed by atoms with Gasteiger partial charge in [-0.05, 0) is 54.6 Å². The maximum atomic E-state index is 12.4. The van der Waals surface area contributed by atoms with Crippen LogP contribution >= 0.6 is 11.6 Å². The van der Waals surface area contributed by atoms with Gasteiger partial charge in [0.05, 0.1) is 30.4 Å². The fraction of sp³-hybridized carbons (Fsp3) is 0.182. The van der Waals surface area contributed by atoms with Gasteiger partial charge in [0.25, 0.3) is 0 Å². The normalized spacial score (nSPS) is 11.2. The average molecular weight is 477 g/mol. The fourth-order valence-electron chi connectivity index (χ4n) is 2.86. The summed E-state index contributed by atoms with van der Waals surface area (Å²) >= 11 is 5.94. The van der Waals surface area contributed by atoms with E-state index in [1.165, 1.54) is 43.7 Å². The molecule has 1 aromatic heterocycles. The summed E-state index contributed by atoms with van der Waals surface area (Å²) in [5, 5.41) is 3.04. The van der Waals surface area contributed by atoms with E-state index in [4.69, 9.17) is 20.8 Å². The number of nitrogens with one attached hydrogen (secondary N) is 2. The van der Waals surface area contributed by atoms with E-state index in [1.807, 2.05) is 0 Å². The van der Waals surface area contributed by atoms with Gasteiger partial charge in [0.15, 0.2) is 5.78 Å². The maximum absolute atomic E-state index is 12.4. The van der Waals surface area contributed by atoms with Gasteiger partial charge in [-0.25, -0.2) is 13.1 Å². The van der Waals surface area contributed by atoms with Gasteiger partial charge < -0.3 is 14.5 Å². The second kappa shape index (κ2) is 10.4. The molecule has 0 saturated heterocycles. The van der Waals surface area contributed by atoms with Crippen molar-refractivity contribution >= 4 is 39.0 Å². The molecule has 0 aliphatic rings. The number of ketones is 1. The number of Topliss-reactive ketones (excluding diaryl/α,β-unsaturated/α-hetero) is 1. The molecule has 0 aliphatic heterocycles. The zero-order valence-corrected chi connectivity index (χ0v) is 18.7. The molecule has 3 aromatic rings. The number of hydrogen-bond acceptors (Lipinski definition) is 6. The zero-order chi connectivity index (χ0) is 23.1. The number of methoxy groups -OCH3 is 1. The molecular formula is C22H21ClN2O6S. The van der Waals surface area contributed by atoms with Crippen LogP contribution < -0.4 is 14.8 Å². The van der Waals surface area contributed by atoms with Crippen molar-refractivity contribution in [1.29, 1.82) is 0 Å². The predicted octanol–water partition coefficient (Wildman–Crippen LogP) is 4.02. The summed E-state index contributed by atoms with van der Waals surface area (Å²) in [5.41, 5.74) is 0.720. The Balaban J connectivity index is 1.54. The summed E-state index contributed by atoms with van der Waals surface area (Å²) in [6.07, 6.45) is 1.37. The van der Waals surface area contributed by atoms with E-state index >= 15 is 0 Å². The van der Waals surface area contributed by atoms with E-state index in [0.29, 0.717) is 27.8 Å². The molecule has 0 spiro atoms. The first-order valence-corrected chi connectivity index (χ1v) is 11.4. The SMILES string of the molecule is COc1ccc(Cl)cc1C(=O)CCC(=O)Nc1ccc(S(=O)(=O)NCc2ccco2)cc1. The van der Waals surface area contributed by atoms with Gasteiger partial charge >= 0.3 is 0 Å². The van der Waals surface area contributed by atoms with Gasteiger partial charge in [-0.2, -0.15) is 0 Å². The van der Waals surface area contributed by atoms with E-state index in [9.17, 15) is 18.0 Å². The van der Waals surface area contributed by atoms with Crippen LogP contribution in [-0.4, -0.2) is 27.2 Å². The monoisotopic (exact) mass is 476 g/mol. The summed E-state index contributed by atoms with van der Waals surface area (Å²) in [6.45, 7) is 0.0270. The topological polar surface area (TPSA) is 115 Å². The number of rotatable bonds is 10. The van der Waals surface area contributed by atoms with Gasteiger partial charge in [0.2, 0.25) is 15.9 Å². The average Bonchev–Trinajstić information content (AvgIpc) is 3.30. The molecule has 0 bridgehead atoms. The molecule has 0 aliphatic carbocycles. The van der Waals surface area contributed by atoms with Gasteiger partial charge in [-0.15, -0.1) is 0 Å². The molecule has 1 heterocycles. The number of sulfonamides is 1. The van der Waals surface area contributed by atoms with Crippen LogP contribution in [-0.2, 0) is 21.4 Å². The number of hydrogen-bond donors (Lipinski definition) is 2. The zero-order valence-electron chi connectivity index (χ0n) is 17.1. The smallest absolute Gasteiger partial charge is 0.240 e. The lowest BCUT2D eigenvalue weighted by atomic mass is 10.1. The number of carbonyl (C=O) groups is 2. The van der Waals surface area contributed by atoms with Crippen molar-refractivity contribution < 1.29 is 27.2 Å². The molecule has 168 valence electrons. The van der Waals surface area contributed by atoms with Crippen LogP contribution in [0.15, 0.2) is 70.2 Å². The largest absolute Gasteiger partial charge is 0.496 e. The van der Waals surface area contributed by atoms with Crippen molar-refractivity contribution in [2.24, 2.45) is 0 Å². The Bertz CT molecular complexity index is 1190. The Morgan fingerprint density at radius 3 is 2.47 bits per heavy atom. The third-order valence-corrected chi connectivity index (χ3v) is 6.16. The summed E-state index contributed by atoms with van der Waals surface area (Å²) in [5.74, 6) is 0.217. The number of ether oxygens (including phenoxy) is 1. The van der Waals surface area contributed by atoms with Crippen molar-refractivity contribution in [1.82, 2.24) is 4.72 Å². The summed E-state index contributed by atoms with van der Waals surface area (Å²) in [6, 6.07) is 13.7. The first kappa shape index (κ1) is 23.5. The standard InChI is InChI=1S/C22H21ClN2O6S/c1-30-21-10-4-15(23)13-19(21)20(26)9-11-22(27)25-16-5-7-18(8-6-16)32(28,29)24-14-17-3-2-12-31-17/h2-8,10,12-13,24H,9,11,14H2,1H3,(H,25,27). The Hall–Kier alpha value is -3.14. The highest BCUT2D eigenvalue weighted by Gasteiger charge is 2.16. The summed E-state index contributed by atoms with van der Waals surface area (Å²) in [7, 11) is -2.29.